The number of nitrogens with zero attached hydrogens (tertiary/aromatic N) is 1. The molecule has 1 aliphatic rings. The SMILES string of the molecule is CCC1CCC(CN)(N(C)S(=O)(=O)CS(C)(=O)=O)CC1. The van der Waals surface area contributed by atoms with Crippen molar-refractivity contribution in [1.29, 1.82) is 0 Å². The topological polar surface area (TPSA) is 97.5 Å². The van der Waals surface area contributed by atoms with Crippen LogP contribution in [0.4, 0.5) is 0 Å². The van der Waals surface area contributed by atoms with Crippen molar-refractivity contribution in [2.75, 3.05) is 24.9 Å². The van der Waals surface area contributed by atoms with Crippen LogP contribution in [0.1, 0.15) is 39.0 Å². The van der Waals surface area contributed by atoms with E-state index in [4.69, 9.17) is 5.73 Å². The maximum Gasteiger partial charge on any atom is 0.228 e. The largest absolute Gasteiger partial charge is 0.329 e. The molecular weight excluding hydrogens is 300 g/mol. The summed E-state index contributed by atoms with van der Waals surface area (Å²) in [6.07, 6.45) is 5.28. The van der Waals surface area contributed by atoms with Crippen molar-refractivity contribution in [3.8, 4) is 0 Å². The van der Waals surface area contributed by atoms with Crippen LogP contribution in [-0.4, -0.2) is 51.6 Å². The number of likely N-dealkylation sites (N-methyl/N-ethyl adjacent to an activating group) is 1. The average Bonchev–Trinajstić information content (AvgIpc) is 2.35. The van der Waals surface area contributed by atoms with Crippen LogP contribution in [0.5, 0.6) is 0 Å². The highest BCUT2D eigenvalue weighted by atomic mass is 32.3. The molecule has 0 aromatic heterocycles. The van der Waals surface area contributed by atoms with Gasteiger partial charge in [-0.2, -0.15) is 4.31 Å². The molecule has 0 unspecified atom stereocenters. The van der Waals surface area contributed by atoms with Crippen molar-refractivity contribution in [2.45, 2.75) is 44.6 Å². The minimum atomic E-state index is -3.85. The summed E-state index contributed by atoms with van der Waals surface area (Å²) in [5, 5.41) is -0.852. The van der Waals surface area contributed by atoms with Crippen molar-refractivity contribution in [1.82, 2.24) is 4.31 Å². The summed E-state index contributed by atoms with van der Waals surface area (Å²) in [5.74, 6) is 0.612. The second-order valence-electron chi connectivity index (χ2n) is 5.90. The first-order valence-corrected chi connectivity index (χ1v) is 10.6. The Labute approximate surface area is 122 Å². The van der Waals surface area contributed by atoms with Crippen LogP contribution < -0.4 is 5.73 Å². The summed E-state index contributed by atoms with van der Waals surface area (Å²) >= 11 is 0. The van der Waals surface area contributed by atoms with E-state index in [1.54, 1.807) is 0 Å². The van der Waals surface area contributed by atoms with E-state index in [2.05, 4.69) is 6.92 Å². The van der Waals surface area contributed by atoms with E-state index in [-0.39, 0.29) is 6.54 Å². The van der Waals surface area contributed by atoms with Gasteiger partial charge in [0.1, 0.15) is 0 Å². The molecule has 0 aliphatic heterocycles. The van der Waals surface area contributed by atoms with Crippen molar-refractivity contribution < 1.29 is 16.8 Å². The standard InChI is InChI=1S/C12H26N2O4S2/c1-4-11-5-7-12(9-13,8-6-11)14(2)20(17,18)10-19(3,15)16/h11H,4-10,13H2,1-3H3. The number of sulfone groups is 1. The summed E-state index contributed by atoms with van der Waals surface area (Å²) in [6.45, 7) is 2.35. The molecule has 1 aliphatic carbocycles. The number of hydrogen-bond acceptors (Lipinski definition) is 5. The summed E-state index contributed by atoms with van der Waals surface area (Å²) < 4.78 is 48.3. The van der Waals surface area contributed by atoms with Gasteiger partial charge in [0.2, 0.25) is 10.0 Å². The van der Waals surface area contributed by atoms with Gasteiger partial charge in [0.25, 0.3) is 0 Å². The molecule has 120 valence electrons. The molecule has 0 heterocycles. The highest BCUT2D eigenvalue weighted by Crippen LogP contribution is 2.37. The van der Waals surface area contributed by atoms with Gasteiger partial charge in [-0.1, -0.05) is 13.3 Å². The molecule has 0 aromatic carbocycles. The van der Waals surface area contributed by atoms with Gasteiger partial charge in [0.15, 0.2) is 14.9 Å². The summed E-state index contributed by atoms with van der Waals surface area (Å²) in [4.78, 5) is 0. The van der Waals surface area contributed by atoms with Gasteiger partial charge in [-0.3, -0.25) is 0 Å². The van der Waals surface area contributed by atoms with Crippen LogP contribution in [-0.2, 0) is 19.9 Å². The predicted molar refractivity (Wildman–Crippen MR) is 80.4 cm³/mol. The van der Waals surface area contributed by atoms with E-state index in [1.165, 1.54) is 11.4 Å². The minimum absolute atomic E-state index is 0.225. The van der Waals surface area contributed by atoms with Crippen molar-refractivity contribution in [3.05, 3.63) is 0 Å². The third-order valence-electron chi connectivity index (χ3n) is 4.44. The van der Waals surface area contributed by atoms with Crippen LogP contribution in [0.3, 0.4) is 0 Å². The van der Waals surface area contributed by atoms with E-state index >= 15 is 0 Å². The number of hydrogen-bond donors (Lipinski definition) is 1. The smallest absolute Gasteiger partial charge is 0.228 e. The molecule has 1 saturated carbocycles. The molecule has 0 radical (unpaired) electrons. The second kappa shape index (κ2) is 6.29. The molecule has 0 amide bonds. The molecule has 1 fully saturated rings. The Morgan fingerprint density at radius 2 is 1.70 bits per heavy atom. The lowest BCUT2D eigenvalue weighted by molar-refractivity contribution is 0.129. The van der Waals surface area contributed by atoms with Crippen LogP contribution in [0.2, 0.25) is 0 Å². The van der Waals surface area contributed by atoms with E-state index < -0.39 is 30.5 Å². The molecule has 0 spiro atoms. The Morgan fingerprint density at radius 1 is 1.20 bits per heavy atom. The maximum absolute atomic E-state index is 12.3. The van der Waals surface area contributed by atoms with Gasteiger partial charge in [-0.15, -0.1) is 0 Å². The van der Waals surface area contributed by atoms with Crippen molar-refractivity contribution in [2.24, 2.45) is 11.7 Å². The fourth-order valence-corrected chi connectivity index (χ4v) is 6.56. The Morgan fingerprint density at radius 3 is 2.05 bits per heavy atom. The van der Waals surface area contributed by atoms with E-state index in [0.717, 1.165) is 25.5 Å². The van der Waals surface area contributed by atoms with Gasteiger partial charge in [0, 0.05) is 25.4 Å². The Kier molecular flexibility index (Phi) is 5.62. The van der Waals surface area contributed by atoms with Gasteiger partial charge < -0.3 is 5.73 Å². The molecular formula is C12H26N2O4S2. The lowest BCUT2D eigenvalue weighted by Crippen LogP contribution is -2.56. The first-order valence-electron chi connectivity index (χ1n) is 6.91. The average molecular weight is 326 g/mol. The van der Waals surface area contributed by atoms with E-state index in [9.17, 15) is 16.8 Å². The Bertz CT molecular complexity index is 520. The zero-order valence-corrected chi connectivity index (χ0v) is 14.1. The van der Waals surface area contributed by atoms with Crippen LogP contribution >= 0.6 is 0 Å². The second-order valence-corrected chi connectivity index (χ2v) is 10.4. The Hall–Kier alpha value is -0.180. The zero-order valence-electron chi connectivity index (χ0n) is 12.5. The molecule has 1 rings (SSSR count). The van der Waals surface area contributed by atoms with Gasteiger partial charge in [-0.05, 0) is 31.6 Å². The van der Waals surface area contributed by atoms with E-state index in [0.29, 0.717) is 18.8 Å². The molecule has 0 atom stereocenters. The third kappa shape index (κ3) is 4.16. The third-order valence-corrected chi connectivity index (χ3v) is 8.57. The first-order chi connectivity index (χ1) is 9.06. The van der Waals surface area contributed by atoms with Gasteiger partial charge >= 0.3 is 0 Å². The lowest BCUT2D eigenvalue weighted by atomic mass is 9.75. The normalized spacial score (nSPS) is 28.8. The molecule has 0 aromatic rings. The molecule has 6 nitrogen and oxygen atoms in total. The lowest BCUT2D eigenvalue weighted by Gasteiger charge is -2.44. The highest BCUT2D eigenvalue weighted by Gasteiger charge is 2.43. The molecule has 2 N–H and O–H groups in total. The van der Waals surface area contributed by atoms with E-state index in [1.807, 2.05) is 0 Å². The quantitative estimate of drug-likeness (QED) is 0.768. The van der Waals surface area contributed by atoms with Crippen LogP contribution in [0.25, 0.3) is 0 Å². The van der Waals surface area contributed by atoms with Gasteiger partial charge in [-0.25, -0.2) is 16.8 Å². The molecule has 0 saturated heterocycles. The fourth-order valence-electron chi connectivity index (χ4n) is 2.92. The van der Waals surface area contributed by atoms with Crippen LogP contribution in [0, 0.1) is 5.92 Å². The van der Waals surface area contributed by atoms with Gasteiger partial charge in [0.05, 0.1) is 0 Å². The highest BCUT2D eigenvalue weighted by molar-refractivity contribution is 8.06. The summed E-state index contributed by atoms with van der Waals surface area (Å²) in [5.41, 5.74) is 5.20. The maximum atomic E-state index is 12.3. The number of nitrogens with two attached hydrogens (primary N) is 1. The molecule has 20 heavy (non-hydrogen) atoms. The van der Waals surface area contributed by atoms with Crippen molar-refractivity contribution >= 4 is 19.9 Å². The number of sulfonamides is 1. The number of rotatable bonds is 6. The Balaban J connectivity index is 2.95. The predicted octanol–water partition coefficient (Wildman–Crippen LogP) is 0.548. The molecule has 0 bridgehead atoms. The minimum Gasteiger partial charge on any atom is -0.329 e. The monoisotopic (exact) mass is 326 g/mol. The molecule has 8 heteroatoms. The first kappa shape index (κ1) is 17.9. The van der Waals surface area contributed by atoms with Crippen LogP contribution in [0.15, 0.2) is 0 Å². The van der Waals surface area contributed by atoms with Crippen molar-refractivity contribution in [3.63, 3.8) is 0 Å². The zero-order chi connectivity index (χ0) is 15.6. The summed E-state index contributed by atoms with van der Waals surface area (Å²) in [7, 11) is -5.98. The fraction of sp³-hybridized carbons (Fsp3) is 1.00. The summed E-state index contributed by atoms with van der Waals surface area (Å²) in [6, 6.07) is 0.